The summed E-state index contributed by atoms with van der Waals surface area (Å²) >= 11 is 0. The summed E-state index contributed by atoms with van der Waals surface area (Å²) in [6.45, 7) is 3.68. The predicted octanol–water partition coefficient (Wildman–Crippen LogP) is 2.03. The predicted molar refractivity (Wildman–Crippen MR) is 50.1 cm³/mol. The van der Waals surface area contributed by atoms with Gasteiger partial charge < -0.3 is 9.73 Å². The molecule has 0 saturated carbocycles. The molecule has 0 radical (unpaired) electrons. The summed E-state index contributed by atoms with van der Waals surface area (Å²) in [6.07, 6.45) is 4.78. The molecule has 0 aromatic carbocycles. The first-order chi connectivity index (χ1) is 6.24. The average Bonchev–Trinajstić information content (AvgIpc) is 2.55. The molecule has 3 nitrogen and oxygen atoms in total. The number of hydrogen-bond acceptors (Lipinski definition) is 2. The van der Waals surface area contributed by atoms with E-state index in [4.69, 9.17) is 4.42 Å². The summed E-state index contributed by atoms with van der Waals surface area (Å²) in [7, 11) is 0. The molecule has 70 valence electrons. The maximum Gasteiger partial charge on any atom is 0.244 e. The molecular weight excluding hydrogens is 166 g/mol. The molecule has 1 rings (SSSR count). The van der Waals surface area contributed by atoms with Crippen molar-refractivity contribution in [2.45, 2.75) is 19.9 Å². The standard InChI is InChI=1S/C10H13NO2/c1-3-5-10(12)11-8(2)9-6-4-7-13-9/h3-8H,1-2H3,(H,11,12)/b5-3+/t8-/m1/s1. The van der Waals surface area contributed by atoms with Crippen LogP contribution in [0.4, 0.5) is 0 Å². The largest absolute Gasteiger partial charge is 0.467 e. The maximum atomic E-state index is 11.1. The second-order valence-corrected chi connectivity index (χ2v) is 2.75. The van der Waals surface area contributed by atoms with Crippen molar-refractivity contribution < 1.29 is 9.21 Å². The molecule has 0 aliphatic rings. The Morgan fingerprint density at radius 3 is 3.00 bits per heavy atom. The summed E-state index contributed by atoms with van der Waals surface area (Å²) in [5.41, 5.74) is 0. The van der Waals surface area contributed by atoms with Crippen LogP contribution in [0.25, 0.3) is 0 Å². The number of furan rings is 1. The lowest BCUT2D eigenvalue weighted by atomic mass is 10.2. The minimum absolute atomic E-state index is 0.0845. The van der Waals surface area contributed by atoms with Gasteiger partial charge in [0.15, 0.2) is 0 Å². The molecule has 1 aromatic heterocycles. The van der Waals surface area contributed by atoms with Gasteiger partial charge in [0, 0.05) is 0 Å². The molecular formula is C10H13NO2. The van der Waals surface area contributed by atoms with Crippen LogP contribution in [-0.2, 0) is 4.79 Å². The van der Waals surface area contributed by atoms with E-state index in [0.717, 1.165) is 5.76 Å². The van der Waals surface area contributed by atoms with E-state index in [2.05, 4.69) is 5.32 Å². The van der Waals surface area contributed by atoms with E-state index in [9.17, 15) is 4.79 Å². The smallest absolute Gasteiger partial charge is 0.244 e. The normalized spacial score (nSPS) is 13.1. The molecule has 0 spiro atoms. The number of hydrogen-bond donors (Lipinski definition) is 1. The van der Waals surface area contributed by atoms with Crippen molar-refractivity contribution in [3.05, 3.63) is 36.3 Å². The van der Waals surface area contributed by atoms with Crippen molar-refractivity contribution in [1.82, 2.24) is 5.32 Å². The fourth-order valence-corrected chi connectivity index (χ4v) is 1.02. The van der Waals surface area contributed by atoms with Crippen LogP contribution in [-0.4, -0.2) is 5.91 Å². The van der Waals surface area contributed by atoms with Gasteiger partial charge in [0.05, 0.1) is 12.3 Å². The zero-order chi connectivity index (χ0) is 9.68. The van der Waals surface area contributed by atoms with Crippen molar-refractivity contribution in [1.29, 1.82) is 0 Å². The van der Waals surface area contributed by atoms with E-state index in [1.165, 1.54) is 6.08 Å². The highest BCUT2D eigenvalue weighted by Crippen LogP contribution is 2.11. The van der Waals surface area contributed by atoms with Crippen LogP contribution in [0.1, 0.15) is 25.6 Å². The van der Waals surface area contributed by atoms with Gasteiger partial charge in [0.1, 0.15) is 5.76 Å². The minimum atomic E-state index is -0.105. The molecule has 0 aliphatic heterocycles. The minimum Gasteiger partial charge on any atom is -0.467 e. The highest BCUT2D eigenvalue weighted by Gasteiger charge is 2.08. The molecule has 1 aromatic rings. The van der Waals surface area contributed by atoms with Gasteiger partial charge in [-0.25, -0.2) is 0 Å². The summed E-state index contributed by atoms with van der Waals surface area (Å²) in [4.78, 5) is 11.1. The van der Waals surface area contributed by atoms with Crippen molar-refractivity contribution in [3.8, 4) is 0 Å². The summed E-state index contributed by atoms with van der Waals surface area (Å²) in [6, 6.07) is 3.55. The lowest BCUT2D eigenvalue weighted by Crippen LogP contribution is -2.24. The number of carbonyl (C=O) groups is 1. The van der Waals surface area contributed by atoms with E-state index in [1.54, 1.807) is 25.3 Å². The molecule has 0 bridgehead atoms. The quantitative estimate of drug-likeness (QED) is 0.721. The number of nitrogens with one attached hydrogen (secondary N) is 1. The Kier molecular flexibility index (Phi) is 3.31. The second-order valence-electron chi connectivity index (χ2n) is 2.75. The Morgan fingerprint density at radius 2 is 2.46 bits per heavy atom. The molecule has 0 fully saturated rings. The van der Waals surface area contributed by atoms with Crippen LogP contribution in [0.15, 0.2) is 35.0 Å². The zero-order valence-electron chi connectivity index (χ0n) is 7.78. The van der Waals surface area contributed by atoms with Crippen LogP contribution in [0.3, 0.4) is 0 Å². The number of carbonyl (C=O) groups excluding carboxylic acids is 1. The highest BCUT2D eigenvalue weighted by molar-refractivity contribution is 5.87. The third-order valence-corrected chi connectivity index (χ3v) is 1.65. The van der Waals surface area contributed by atoms with Crippen LogP contribution in [0.5, 0.6) is 0 Å². The van der Waals surface area contributed by atoms with E-state index in [-0.39, 0.29) is 11.9 Å². The van der Waals surface area contributed by atoms with Gasteiger partial charge in [-0.15, -0.1) is 0 Å². The first-order valence-electron chi connectivity index (χ1n) is 4.20. The number of allylic oxidation sites excluding steroid dienone is 1. The summed E-state index contributed by atoms with van der Waals surface area (Å²) in [5.74, 6) is 0.657. The SMILES string of the molecule is C/C=C/C(=O)N[C@H](C)c1ccco1. The van der Waals surface area contributed by atoms with Crippen molar-refractivity contribution in [2.24, 2.45) is 0 Å². The van der Waals surface area contributed by atoms with Crippen LogP contribution < -0.4 is 5.32 Å². The second kappa shape index (κ2) is 4.50. The highest BCUT2D eigenvalue weighted by atomic mass is 16.3. The van der Waals surface area contributed by atoms with Gasteiger partial charge in [-0.2, -0.15) is 0 Å². The molecule has 0 unspecified atom stereocenters. The van der Waals surface area contributed by atoms with E-state index in [0.29, 0.717) is 0 Å². The fourth-order valence-electron chi connectivity index (χ4n) is 1.02. The van der Waals surface area contributed by atoms with Crippen LogP contribution in [0.2, 0.25) is 0 Å². The zero-order valence-corrected chi connectivity index (χ0v) is 7.78. The maximum absolute atomic E-state index is 11.1. The monoisotopic (exact) mass is 179 g/mol. The molecule has 1 heterocycles. The van der Waals surface area contributed by atoms with Gasteiger partial charge >= 0.3 is 0 Å². The topological polar surface area (TPSA) is 42.2 Å². The molecule has 1 amide bonds. The molecule has 1 N–H and O–H groups in total. The van der Waals surface area contributed by atoms with Gasteiger partial charge in [0.2, 0.25) is 5.91 Å². The Balaban J connectivity index is 2.51. The van der Waals surface area contributed by atoms with Crippen molar-refractivity contribution in [3.63, 3.8) is 0 Å². The first-order valence-corrected chi connectivity index (χ1v) is 4.20. The lowest BCUT2D eigenvalue weighted by Gasteiger charge is -2.08. The summed E-state index contributed by atoms with van der Waals surface area (Å²) in [5, 5.41) is 2.76. The van der Waals surface area contributed by atoms with Gasteiger partial charge in [-0.1, -0.05) is 6.08 Å². The Hall–Kier alpha value is -1.51. The van der Waals surface area contributed by atoms with Gasteiger partial charge in [-0.05, 0) is 32.1 Å². The fraction of sp³-hybridized carbons (Fsp3) is 0.300. The third-order valence-electron chi connectivity index (χ3n) is 1.65. The summed E-state index contributed by atoms with van der Waals surface area (Å²) < 4.78 is 5.14. The first kappa shape index (κ1) is 9.58. The third kappa shape index (κ3) is 2.78. The average molecular weight is 179 g/mol. The lowest BCUT2D eigenvalue weighted by molar-refractivity contribution is -0.117. The Labute approximate surface area is 77.4 Å². The van der Waals surface area contributed by atoms with E-state index in [1.807, 2.05) is 13.0 Å². The van der Waals surface area contributed by atoms with Crippen molar-refractivity contribution >= 4 is 5.91 Å². The van der Waals surface area contributed by atoms with E-state index >= 15 is 0 Å². The van der Waals surface area contributed by atoms with Gasteiger partial charge in [0.25, 0.3) is 0 Å². The number of rotatable bonds is 3. The molecule has 13 heavy (non-hydrogen) atoms. The van der Waals surface area contributed by atoms with Crippen LogP contribution >= 0.6 is 0 Å². The Morgan fingerprint density at radius 1 is 1.69 bits per heavy atom. The van der Waals surface area contributed by atoms with E-state index < -0.39 is 0 Å². The van der Waals surface area contributed by atoms with Crippen molar-refractivity contribution in [2.75, 3.05) is 0 Å². The van der Waals surface area contributed by atoms with Crippen LogP contribution in [0, 0.1) is 0 Å². The Bertz CT molecular complexity index is 288. The molecule has 1 atom stereocenters. The molecule has 3 heteroatoms. The number of amides is 1. The molecule has 0 aliphatic carbocycles. The van der Waals surface area contributed by atoms with Gasteiger partial charge in [-0.3, -0.25) is 4.79 Å². The molecule has 0 saturated heterocycles.